The Labute approximate surface area is 133 Å². The first-order chi connectivity index (χ1) is 10.8. The summed E-state index contributed by atoms with van der Waals surface area (Å²) in [6, 6.07) is 4.36. The van der Waals surface area contributed by atoms with Gasteiger partial charge in [-0.3, -0.25) is 9.48 Å². The van der Waals surface area contributed by atoms with Crippen LogP contribution in [0.25, 0.3) is 0 Å². The molecule has 0 aromatic carbocycles. The largest absolute Gasteiger partial charge is 0.618 e. The molecule has 2 aromatic rings. The molecule has 8 nitrogen and oxygen atoms in total. The molecule has 2 heterocycles. The monoisotopic (exact) mass is 318 g/mol. The minimum Gasteiger partial charge on any atom is -0.618 e. The highest BCUT2D eigenvalue weighted by Crippen LogP contribution is 2.18. The van der Waals surface area contributed by atoms with Crippen LogP contribution < -0.4 is 10.0 Å². The maximum atomic E-state index is 12.2. The normalized spacial score (nSPS) is 11.8. The van der Waals surface area contributed by atoms with Gasteiger partial charge in [-0.15, -0.1) is 0 Å². The van der Waals surface area contributed by atoms with Crippen LogP contribution in [0.3, 0.4) is 0 Å². The highest BCUT2D eigenvalue weighted by molar-refractivity contribution is 5.97. The van der Waals surface area contributed by atoms with Gasteiger partial charge in [0, 0.05) is 19.2 Å². The van der Waals surface area contributed by atoms with Gasteiger partial charge >= 0.3 is 11.7 Å². The molecular weight excluding hydrogens is 300 g/mol. The van der Waals surface area contributed by atoms with Gasteiger partial charge in [0.2, 0.25) is 0 Å². The molecule has 0 radical (unpaired) electrons. The predicted molar refractivity (Wildman–Crippen MR) is 81.6 cm³/mol. The highest BCUT2D eigenvalue weighted by Gasteiger charge is 2.25. The number of carbonyl (C=O) groups excluding carboxylic acids is 2. The molecule has 0 spiro atoms. The zero-order valence-electron chi connectivity index (χ0n) is 13.4. The van der Waals surface area contributed by atoms with Gasteiger partial charge in [0.05, 0.1) is 17.1 Å². The molecule has 0 aliphatic heterocycles. The lowest BCUT2D eigenvalue weighted by molar-refractivity contribution is -0.608. The average Bonchev–Trinajstić information content (AvgIpc) is 2.73. The van der Waals surface area contributed by atoms with E-state index < -0.39 is 18.0 Å². The molecule has 2 aromatic heterocycles. The number of rotatable bonds is 4. The number of aromatic nitrogens is 3. The minimum absolute atomic E-state index is 0.180. The van der Waals surface area contributed by atoms with Crippen LogP contribution in [0, 0.1) is 19.1 Å². The van der Waals surface area contributed by atoms with E-state index in [4.69, 9.17) is 4.74 Å². The van der Waals surface area contributed by atoms with E-state index in [-0.39, 0.29) is 5.69 Å². The molecule has 0 bridgehead atoms. The number of hydrogen-bond donors (Lipinski definition) is 1. The van der Waals surface area contributed by atoms with E-state index in [2.05, 4.69) is 10.4 Å². The zero-order chi connectivity index (χ0) is 17.1. The Morgan fingerprint density at radius 3 is 2.65 bits per heavy atom. The summed E-state index contributed by atoms with van der Waals surface area (Å²) < 4.78 is 7.07. The van der Waals surface area contributed by atoms with Crippen LogP contribution in [0.15, 0.2) is 24.4 Å². The van der Waals surface area contributed by atoms with E-state index in [1.807, 2.05) is 6.92 Å². The van der Waals surface area contributed by atoms with Gasteiger partial charge in [-0.2, -0.15) is 9.83 Å². The van der Waals surface area contributed by atoms with Gasteiger partial charge in [0.25, 0.3) is 5.91 Å². The molecular formula is C15H18N4O4. The Balaban J connectivity index is 2.06. The van der Waals surface area contributed by atoms with E-state index in [1.165, 1.54) is 31.3 Å². The number of carbonyl (C=O) groups is 2. The Morgan fingerprint density at radius 2 is 2.09 bits per heavy atom. The van der Waals surface area contributed by atoms with E-state index >= 15 is 0 Å². The van der Waals surface area contributed by atoms with Crippen molar-refractivity contribution in [2.75, 3.05) is 5.32 Å². The summed E-state index contributed by atoms with van der Waals surface area (Å²) in [5, 5.41) is 18.4. The first-order valence-electron chi connectivity index (χ1n) is 7.01. The summed E-state index contributed by atoms with van der Waals surface area (Å²) in [5.41, 5.74) is 1.85. The number of nitrogens with one attached hydrogen (secondary N) is 1. The number of amides is 1. The molecule has 1 amide bonds. The second-order valence-corrected chi connectivity index (χ2v) is 5.12. The number of aryl methyl sites for hydroxylation is 2. The SMILES string of the molecule is Cc1nn(C)c(C)c1NC(=O)[C@H](C)OC(=O)c1cccc[n+]1[O-]. The van der Waals surface area contributed by atoms with Crippen LogP contribution in [0.1, 0.15) is 28.8 Å². The number of pyridine rings is 1. The van der Waals surface area contributed by atoms with Crippen LogP contribution in [-0.2, 0) is 16.6 Å². The third-order valence-corrected chi connectivity index (χ3v) is 3.44. The number of nitrogens with zero attached hydrogens (tertiary/aromatic N) is 3. The minimum atomic E-state index is -1.05. The van der Waals surface area contributed by atoms with Crippen LogP contribution >= 0.6 is 0 Å². The molecule has 2 rings (SSSR count). The van der Waals surface area contributed by atoms with Gasteiger partial charge < -0.3 is 15.3 Å². The molecule has 0 saturated carbocycles. The van der Waals surface area contributed by atoms with Crippen molar-refractivity contribution in [1.82, 2.24) is 9.78 Å². The Hall–Kier alpha value is -2.90. The number of esters is 1. The third kappa shape index (κ3) is 3.47. The molecule has 1 N–H and O–H groups in total. The van der Waals surface area contributed by atoms with Crippen molar-refractivity contribution < 1.29 is 19.1 Å². The standard InChI is InChI=1S/C15H18N4O4/c1-9-13(10(2)18(4)17-9)16-14(20)11(3)23-15(21)12-7-5-6-8-19(12)22/h5-8,11H,1-4H3,(H,16,20)/t11-/m0/s1. The first-order valence-corrected chi connectivity index (χ1v) is 7.01. The molecule has 23 heavy (non-hydrogen) atoms. The van der Waals surface area contributed by atoms with E-state index in [9.17, 15) is 14.8 Å². The summed E-state index contributed by atoms with van der Waals surface area (Å²) in [5.74, 6) is -1.35. The van der Waals surface area contributed by atoms with Gasteiger partial charge in [0.15, 0.2) is 12.3 Å². The maximum absolute atomic E-state index is 12.2. The number of anilines is 1. The Morgan fingerprint density at radius 1 is 1.39 bits per heavy atom. The van der Waals surface area contributed by atoms with Gasteiger partial charge in [0.1, 0.15) is 0 Å². The van der Waals surface area contributed by atoms with Crippen molar-refractivity contribution in [2.24, 2.45) is 7.05 Å². The van der Waals surface area contributed by atoms with Crippen LogP contribution in [0.4, 0.5) is 5.69 Å². The van der Waals surface area contributed by atoms with Crippen molar-refractivity contribution in [3.63, 3.8) is 0 Å². The van der Waals surface area contributed by atoms with Gasteiger partial charge in [-0.05, 0) is 26.8 Å². The van der Waals surface area contributed by atoms with Crippen molar-refractivity contribution in [3.05, 3.63) is 46.7 Å². The molecule has 0 unspecified atom stereocenters. The fraction of sp³-hybridized carbons (Fsp3) is 0.333. The number of ether oxygens (including phenoxy) is 1. The summed E-state index contributed by atoms with van der Waals surface area (Å²) in [6.07, 6.45) is 0.130. The topological polar surface area (TPSA) is 100 Å². The Bertz CT molecular complexity index is 754. The zero-order valence-corrected chi connectivity index (χ0v) is 13.4. The fourth-order valence-electron chi connectivity index (χ4n) is 2.04. The third-order valence-electron chi connectivity index (χ3n) is 3.44. The van der Waals surface area contributed by atoms with Crippen LogP contribution in [-0.4, -0.2) is 27.8 Å². The van der Waals surface area contributed by atoms with E-state index in [0.29, 0.717) is 16.1 Å². The first kappa shape index (κ1) is 16.5. The highest BCUT2D eigenvalue weighted by atomic mass is 16.6. The maximum Gasteiger partial charge on any atom is 0.405 e. The lowest BCUT2D eigenvalue weighted by atomic mass is 10.3. The second-order valence-electron chi connectivity index (χ2n) is 5.12. The lowest BCUT2D eigenvalue weighted by Crippen LogP contribution is -2.37. The van der Waals surface area contributed by atoms with E-state index in [0.717, 1.165) is 5.69 Å². The number of hydrogen-bond acceptors (Lipinski definition) is 5. The molecule has 0 aliphatic rings. The average molecular weight is 318 g/mol. The quantitative estimate of drug-likeness (QED) is 0.512. The molecule has 122 valence electrons. The molecule has 0 aliphatic carbocycles. The summed E-state index contributed by atoms with van der Waals surface area (Å²) >= 11 is 0. The van der Waals surface area contributed by atoms with Crippen LogP contribution in [0.5, 0.6) is 0 Å². The van der Waals surface area contributed by atoms with Crippen molar-refractivity contribution >= 4 is 17.6 Å². The summed E-state index contributed by atoms with van der Waals surface area (Å²) in [4.78, 5) is 24.1. The van der Waals surface area contributed by atoms with Crippen LogP contribution in [0.2, 0.25) is 0 Å². The predicted octanol–water partition coefficient (Wildman–Crippen LogP) is 0.854. The molecule has 0 fully saturated rings. The fourth-order valence-corrected chi connectivity index (χ4v) is 2.04. The summed E-state index contributed by atoms with van der Waals surface area (Å²) in [7, 11) is 1.77. The van der Waals surface area contributed by atoms with Crippen molar-refractivity contribution in [3.8, 4) is 0 Å². The van der Waals surface area contributed by atoms with Gasteiger partial charge in [-0.1, -0.05) is 0 Å². The molecule has 0 saturated heterocycles. The second kappa shape index (κ2) is 6.47. The Kier molecular flexibility index (Phi) is 4.63. The van der Waals surface area contributed by atoms with Crippen molar-refractivity contribution in [2.45, 2.75) is 26.9 Å². The summed E-state index contributed by atoms with van der Waals surface area (Å²) in [6.45, 7) is 5.02. The van der Waals surface area contributed by atoms with E-state index in [1.54, 1.807) is 18.7 Å². The van der Waals surface area contributed by atoms with Gasteiger partial charge in [-0.25, -0.2) is 4.79 Å². The molecule has 8 heteroatoms. The lowest BCUT2D eigenvalue weighted by Gasteiger charge is -2.13. The van der Waals surface area contributed by atoms with Crippen molar-refractivity contribution in [1.29, 1.82) is 0 Å². The smallest absolute Gasteiger partial charge is 0.405 e. The molecule has 1 atom stereocenters.